The summed E-state index contributed by atoms with van der Waals surface area (Å²) in [5, 5.41) is 4.67. The lowest BCUT2D eigenvalue weighted by atomic mass is 9.86. The van der Waals surface area contributed by atoms with Crippen LogP contribution in [-0.2, 0) is 0 Å². The van der Waals surface area contributed by atoms with E-state index in [1.54, 1.807) is 0 Å². The van der Waals surface area contributed by atoms with Crippen LogP contribution in [0.5, 0.6) is 0 Å². The highest BCUT2D eigenvalue weighted by Gasteiger charge is 2.29. The molecule has 2 rings (SSSR count). The molecule has 1 saturated heterocycles. The fourth-order valence-electron chi connectivity index (χ4n) is 2.11. The summed E-state index contributed by atoms with van der Waals surface area (Å²) in [6.07, 6.45) is 5.60. The van der Waals surface area contributed by atoms with E-state index >= 15 is 0 Å². The normalized spacial score (nSPS) is 38.9. The van der Waals surface area contributed by atoms with Crippen LogP contribution < -0.4 is 5.32 Å². The first kappa shape index (κ1) is 8.42. The smallest absolute Gasteiger partial charge is 0.156 e. The van der Waals surface area contributed by atoms with Gasteiger partial charge in [-0.15, -0.1) is 0 Å². The number of hydrogen-bond donors (Lipinski definition) is 1. The maximum absolute atomic E-state index is 4.21. The molecule has 12 heavy (non-hydrogen) atoms. The second-order valence-corrected chi connectivity index (χ2v) is 4.64. The molecular weight excluding hydrogens is 168 g/mol. The summed E-state index contributed by atoms with van der Waals surface area (Å²) >= 11 is 1.89. The van der Waals surface area contributed by atoms with Gasteiger partial charge in [-0.2, -0.15) is 0 Å². The van der Waals surface area contributed by atoms with Gasteiger partial charge in [0, 0.05) is 18.8 Å². The molecule has 3 heteroatoms. The third-order valence-corrected chi connectivity index (χ3v) is 4.02. The van der Waals surface area contributed by atoms with Gasteiger partial charge in [-0.05, 0) is 18.8 Å². The lowest BCUT2D eigenvalue weighted by Crippen LogP contribution is -2.46. The first-order valence-corrected chi connectivity index (χ1v) is 5.75. The summed E-state index contributed by atoms with van der Waals surface area (Å²) in [6, 6.07) is 0.735. The predicted molar refractivity (Wildman–Crippen MR) is 54.7 cm³/mol. The number of hydrogen-bond acceptors (Lipinski definition) is 2. The molecule has 0 radical (unpaired) electrons. The van der Waals surface area contributed by atoms with Crippen LogP contribution in [0.25, 0.3) is 0 Å². The maximum Gasteiger partial charge on any atom is 0.156 e. The third-order valence-electron chi connectivity index (χ3n) is 2.86. The highest BCUT2D eigenvalue weighted by atomic mass is 32.2. The van der Waals surface area contributed by atoms with Crippen LogP contribution in [0.3, 0.4) is 0 Å². The highest BCUT2D eigenvalue weighted by Crippen LogP contribution is 2.31. The molecule has 68 valence electrons. The second-order valence-electron chi connectivity index (χ2n) is 3.64. The lowest BCUT2D eigenvalue weighted by molar-refractivity contribution is 0.311. The Morgan fingerprint density at radius 3 is 3.08 bits per heavy atom. The minimum atomic E-state index is 0.735. The van der Waals surface area contributed by atoms with Crippen molar-refractivity contribution in [1.29, 1.82) is 0 Å². The maximum atomic E-state index is 4.21. The summed E-state index contributed by atoms with van der Waals surface area (Å²) in [7, 11) is 1.87. The van der Waals surface area contributed by atoms with Crippen molar-refractivity contribution in [2.45, 2.75) is 31.7 Å². The molecule has 1 heterocycles. The zero-order valence-electron chi connectivity index (χ0n) is 7.55. The first-order chi connectivity index (χ1) is 5.90. The minimum Gasteiger partial charge on any atom is -0.362 e. The second kappa shape index (κ2) is 3.69. The number of fused-ring (bicyclic) bond motifs is 1. The van der Waals surface area contributed by atoms with Crippen LogP contribution in [0, 0.1) is 5.92 Å². The Morgan fingerprint density at radius 1 is 1.42 bits per heavy atom. The molecule has 1 N–H and O–H groups in total. The molecule has 2 unspecified atom stereocenters. The Bertz CT molecular complexity index is 191. The molecule has 1 aliphatic heterocycles. The molecule has 2 atom stereocenters. The number of rotatable bonds is 0. The summed E-state index contributed by atoms with van der Waals surface area (Å²) in [5.41, 5.74) is 0. The van der Waals surface area contributed by atoms with Gasteiger partial charge in [0.1, 0.15) is 0 Å². The Morgan fingerprint density at radius 2 is 2.25 bits per heavy atom. The van der Waals surface area contributed by atoms with Crippen LogP contribution in [-0.4, -0.2) is 24.0 Å². The van der Waals surface area contributed by atoms with Crippen molar-refractivity contribution < 1.29 is 0 Å². The van der Waals surface area contributed by atoms with Gasteiger partial charge >= 0.3 is 0 Å². The number of nitrogens with zero attached hydrogens (tertiary/aromatic N) is 1. The van der Waals surface area contributed by atoms with E-state index in [4.69, 9.17) is 0 Å². The van der Waals surface area contributed by atoms with Crippen molar-refractivity contribution in [2.75, 3.05) is 12.8 Å². The molecule has 0 spiro atoms. The molecule has 0 amide bonds. The van der Waals surface area contributed by atoms with E-state index in [9.17, 15) is 0 Å². The highest BCUT2D eigenvalue weighted by molar-refractivity contribution is 8.13. The standard InChI is InChI=1S/C9H16N2S/c1-10-9-11-8-5-3-2-4-7(8)6-12-9/h7-8H,2-6H2,1H3,(H,10,11). The fourth-order valence-corrected chi connectivity index (χ4v) is 3.25. The Hall–Kier alpha value is -0.180. The third kappa shape index (κ3) is 1.60. The Kier molecular flexibility index (Phi) is 2.59. The molecule has 0 aromatic carbocycles. The molecule has 0 aromatic rings. The molecular formula is C9H16N2S. The molecule has 1 aliphatic carbocycles. The number of thioether (sulfide) groups is 1. The van der Waals surface area contributed by atoms with Crippen molar-refractivity contribution in [3.8, 4) is 0 Å². The van der Waals surface area contributed by atoms with Gasteiger partial charge in [-0.25, -0.2) is 0 Å². The van der Waals surface area contributed by atoms with Gasteiger partial charge in [0.25, 0.3) is 0 Å². The summed E-state index contributed by atoms with van der Waals surface area (Å²) in [6.45, 7) is 0. The van der Waals surface area contributed by atoms with Crippen LogP contribution in [0.4, 0.5) is 0 Å². The molecule has 0 aromatic heterocycles. The molecule has 2 aliphatic rings. The van der Waals surface area contributed by atoms with E-state index in [1.807, 2.05) is 18.8 Å². The van der Waals surface area contributed by atoms with E-state index < -0.39 is 0 Å². The van der Waals surface area contributed by atoms with Gasteiger partial charge in [0.2, 0.25) is 0 Å². The van der Waals surface area contributed by atoms with E-state index in [0.717, 1.165) is 17.1 Å². The zero-order chi connectivity index (χ0) is 8.39. The van der Waals surface area contributed by atoms with Gasteiger partial charge in [-0.3, -0.25) is 4.99 Å². The van der Waals surface area contributed by atoms with E-state index in [2.05, 4.69) is 10.3 Å². The summed E-state index contributed by atoms with van der Waals surface area (Å²) in [4.78, 5) is 4.21. The topological polar surface area (TPSA) is 24.4 Å². The van der Waals surface area contributed by atoms with Crippen molar-refractivity contribution in [2.24, 2.45) is 10.9 Å². The van der Waals surface area contributed by atoms with Gasteiger partial charge in [-0.1, -0.05) is 24.6 Å². The molecule has 2 nitrogen and oxygen atoms in total. The van der Waals surface area contributed by atoms with Gasteiger partial charge in [0.15, 0.2) is 5.17 Å². The van der Waals surface area contributed by atoms with Crippen LogP contribution >= 0.6 is 11.8 Å². The lowest BCUT2D eigenvalue weighted by Gasteiger charge is -2.36. The Labute approximate surface area is 78.2 Å². The number of amidine groups is 1. The van der Waals surface area contributed by atoms with Gasteiger partial charge in [0.05, 0.1) is 0 Å². The minimum absolute atomic E-state index is 0.735. The largest absolute Gasteiger partial charge is 0.362 e. The van der Waals surface area contributed by atoms with E-state index in [1.165, 1.54) is 31.4 Å². The Balaban J connectivity index is 1.98. The number of nitrogens with one attached hydrogen (secondary N) is 1. The first-order valence-electron chi connectivity index (χ1n) is 4.76. The molecule has 1 saturated carbocycles. The van der Waals surface area contributed by atoms with Crippen molar-refractivity contribution in [3.05, 3.63) is 0 Å². The molecule has 0 bridgehead atoms. The van der Waals surface area contributed by atoms with Crippen molar-refractivity contribution >= 4 is 16.9 Å². The summed E-state index contributed by atoms with van der Waals surface area (Å²) < 4.78 is 0. The fraction of sp³-hybridized carbons (Fsp3) is 0.889. The van der Waals surface area contributed by atoms with E-state index in [0.29, 0.717) is 0 Å². The SMILES string of the molecule is CN=C1NC2CCCCC2CS1. The van der Waals surface area contributed by atoms with Gasteiger partial charge < -0.3 is 5.32 Å². The average molecular weight is 184 g/mol. The van der Waals surface area contributed by atoms with E-state index in [-0.39, 0.29) is 0 Å². The quantitative estimate of drug-likeness (QED) is 0.621. The zero-order valence-corrected chi connectivity index (χ0v) is 8.36. The average Bonchev–Trinajstić information content (AvgIpc) is 2.17. The van der Waals surface area contributed by atoms with Crippen molar-refractivity contribution in [3.63, 3.8) is 0 Å². The molecule has 2 fully saturated rings. The number of aliphatic imine (C=N–C) groups is 1. The van der Waals surface area contributed by atoms with Crippen LogP contribution in [0.1, 0.15) is 25.7 Å². The monoisotopic (exact) mass is 184 g/mol. The van der Waals surface area contributed by atoms with Crippen LogP contribution in [0.15, 0.2) is 4.99 Å². The predicted octanol–water partition coefficient (Wildman–Crippen LogP) is 1.87. The van der Waals surface area contributed by atoms with Crippen LogP contribution in [0.2, 0.25) is 0 Å². The summed E-state index contributed by atoms with van der Waals surface area (Å²) in [5.74, 6) is 2.19. The van der Waals surface area contributed by atoms with Crippen molar-refractivity contribution in [1.82, 2.24) is 5.32 Å².